The Hall–Kier alpha value is -3.00. The van der Waals surface area contributed by atoms with E-state index in [1.165, 1.54) is 5.56 Å². The fourth-order valence-electron chi connectivity index (χ4n) is 3.97. The first-order chi connectivity index (χ1) is 14.3. The number of ether oxygens (including phenoxy) is 1. The first-order valence-corrected chi connectivity index (χ1v) is 10.1. The monoisotopic (exact) mass is 383 g/mol. The molecule has 1 N–H and O–H groups in total. The van der Waals surface area contributed by atoms with Crippen LogP contribution in [-0.4, -0.2) is 24.7 Å². The van der Waals surface area contributed by atoms with Gasteiger partial charge in [0.1, 0.15) is 0 Å². The molecule has 2 heterocycles. The summed E-state index contributed by atoms with van der Waals surface area (Å²) in [5, 5.41) is 12.4. The molecular weight excluding hydrogens is 358 g/mol. The average Bonchev–Trinajstić information content (AvgIpc) is 2.81. The van der Waals surface area contributed by atoms with Crippen LogP contribution in [0, 0.1) is 11.3 Å². The molecule has 1 aliphatic heterocycles. The lowest BCUT2D eigenvalue weighted by Gasteiger charge is -2.38. The van der Waals surface area contributed by atoms with Crippen molar-refractivity contribution in [2.24, 2.45) is 0 Å². The molecule has 1 aliphatic rings. The van der Waals surface area contributed by atoms with Gasteiger partial charge in [-0.1, -0.05) is 48.5 Å². The lowest BCUT2D eigenvalue weighted by molar-refractivity contribution is 0.0564. The zero-order valence-corrected chi connectivity index (χ0v) is 16.5. The first-order valence-electron chi connectivity index (χ1n) is 10.1. The smallest absolute Gasteiger partial charge is 0.0991 e. The number of benzene rings is 2. The largest absolute Gasteiger partial charge is 0.376 e. The van der Waals surface area contributed by atoms with E-state index >= 15 is 0 Å². The highest BCUT2D eigenvalue weighted by molar-refractivity contribution is 5.60. The van der Waals surface area contributed by atoms with Gasteiger partial charge in [-0.05, 0) is 55.3 Å². The van der Waals surface area contributed by atoms with Crippen molar-refractivity contribution in [3.63, 3.8) is 0 Å². The van der Waals surface area contributed by atoms with Gasteiger partial charge >= 0.3 is 0 Å². The van der Waals surface area contributed by atoms with Crippen LogP contribution in [0.4, 0.5) is 0 Å². The molecule has 0 aliphatic carbocycles. The number of piperidine rings is 1. The van der Waals surface area contributed by atoms with Crippen LogP contribution in [0.15, 0.2) is 72.9 Å². The number of aromatic nitrogens is 1. The van der Waals surface area contributed by atoms with Gasteiger partial charge in [0.25, 0.3) is 0 Å². The summed E-state index contributed by atoms with van der Waals surface area (Å²) in [6.45, 7) is 3.33. The second kappa shape index (κ2) is 9.00. The zero-order chi connectivity index (χ0) is 19.9. The summed E-state index contributed by atoms with van der Waals surface area (Å²) in [7, 11) is 0. The highest BCUT2D eigenvalue weighted by atomic mass is 16.5. The third-order valence-corrected chi connectivity index (χ3v) is 5.73. The SMILES string of the molecule is N#Cc1ccc(-c2ccc(COCC3(c4ccccc4)CCNCC3)cn2)cc1. The van der Waals surface area contributed by atoms with E-state index in [4.69, 9.17) is 10.00 Å². The molecular formula is C25H25N3O. The fraction of sp³-hybridized carbons (Fsp3) is 0.280. The van der Waals surface area contributed by atoms with Crippen LogP contribution in [0.1, 0.15) is 29.5 Å². The molecule has 29 heavy (non-hydrogen) atoms. The second-order valence-electron chi connectivity index (χ2n) is 7.63. The van der Waals surface area contributed by atoms with Gasteiger partial charge in [-0.3, -0.25) is 4.98 Å². The van der Waals surface area contributed by atoms with E-state index < -0.39 is 0 Å². The van der Waals surface area contributed by atoms with E-state index in [1.54, 1.807) is 0 Å². The van der Waals surface area contributed by atoms with Gasteiger partial charge < -0.3 is 10.1 Å². The molecule has 0 saturated carbocycles. The molecule has 4 heteroatoms. The maximum Gasteiger partial charge on any atom is 0.0991 e. The van der Waals surface area contributed by atoms with Crippen molar-refractivity contribution in [3.8, 4) is 17.3 Å². The lowest BCUT2D eigenvalue weighted by atomic mass is 9.74. The number of pyridine rings is 1. The van der Waals surface area contributed by atoms with E-state index in [0.717, 1.165) is 49.4 Å². The van der Waals surface area contributed by atoms with Gasteiger partial charge in [0, 0.05) is 17.2 Å². The predicted octanol–water partition coefficient (Wildman–Crippen LogP) is 4.46. The molecule has 0 amide bonds. The average molecular weight is 383 g/mol. The third kappa shape index (κ3) is 4.54. The van der Waals surface area contributed by atoms with Crippen molar-refractivity contribution >= 4 is 0 Å². The highest BCUT2D eigenvalue weighted by Crippen LogP contribution is 2.34. The summed E-state index contributed by atoms with van der Waals surface area (Å²) in [6, 6.07) is 24.5. The van der Waals surface area contributed by atoms with Crippen molar-refractivity contribution in [2.75, 3.05) is 19.7 Å². The maximum absolute atomic E-state index is 8.92. The van der Waals surface area contributed by atoms with E-state index in [-0.39, 0.29) is 5.41 Å². The van der Waals surface area contributed by atoms with E-state index in [1.807, 2.05) is 36.5 Å². The molecule has 3 aromatic rings. The Morgan fingerprint density at radius 3 is 2.38 bits per heavy atom. The molecule has 0 unspecified atom stereocenters. The standard InChI is InChI=1S/C25H25N3O/c26-16-20-6-9-22(10-7-20)24-11-8-21(17-28-24)18-29-19-25(12-14-27-15-13-25)23-4-2-1-3-5-23/h1-11,17,27H,12-15,18-19H2. The molecule has 1 aromatic heterocycles. The number of nitrogens with one attached hydrogen (secondary N) is 1. The quantitative estimate of drug-likeness (QED) is 0.683. The molecule has 1 saturated heterocycles. The molecule has 0 atom stereocenters. The van der Waals surface area contributed by atoms with Crippen LogP contribution in [0.25, 0.3) is 11.3 Å². The molecule has 0 radical (unpaired) electrons. The summed E-state index contributed by atoms with van der Waals surface area (Å²) in [4.78, 5) is 4.57. The Bertz CT molecular complexity index is 954. The van der Waals surface area contributed by atoms with Crippen molar-refractivity contribution in [2.45, 2.75) is 24.9 Å². The van der Waals surface area contributed by atoms with E-state index in [9.17, 15) is 0 Å². The minimum Gasteiger partial charge on any atom is -0.376 e. The second-order valence-corrected chi connectivity index (χ2v) is 7.63. The van der Waals surface area contributed by atoms with Crippen molar-refractivity contribution in [1.82, 2.24) is 10.3 Å². The van der Waals surface area contributed by atoms with Crippen LogP contribution < -0.4 is 5.32 Å². The van der Waals surface area contributed by atoms with Crippen LogP contribution in [0.2, 0.25) is 0 Å². The van der Waals surface area contributed by atoms with Crippen LogP contribution in [-0.2, 0) is 16.8 Å². The molecule has 0 spiro atoms. The molecule has 0 bridgehead atoms. The Morgan fingerprint density at radius 2 is 1.72 bits per heavy atom. The van der Waals surface area contributed by atoms with E-state index in [2.05, 4.69) is 52.8 Å². The summed E-state index contributed by atoms with van der Waals surface area (Å²) < 4.78 is 6.19. The Kier molecular flexibility index (Phi) is 6.00. The summed E-state index contributed by atoms with van der Waals surface area (Å²) in [5.74, 6) is 0. The summed E-state index contributed by atoms with van der Waals surface area (Å²) in [6.07, 6.45) is 4.06. The predicted molar refractivity (Wildman–Crippen MR) is 114 cm³/mol. The highest BCUT2D eigenvalue weighted by Gasteiger charge is 2.34. The number of hydrogen-bond acceptors (Lipinski definition) is 4. The van der Waals surface area contributed by atoms with Gasteiger partial charge in [0.2, 0.25) is 0 Å². The van der Waals surface area contributed by atoms with Gasteiger partial charge in [-0.15, -0.1) is 0 Å². The van der Waals surface area contributed by atoms with Crippen LogP contribution in [0.3, 0.4) is 0 Å². The molecule has 1 fully saturated rings. The Morgan fingerprint density at radius 1 is 0.966 bits per heavy atom. The number of nitriles is 1. The molecule has 2 aromatic carbocycles. The lowest BCUT2D eigenvalue weighted by Crippen LogP contribution is -2.43. The van der Waals surface area contributed by atoms with Crippen molar-refractivity contribution in [1.29, 1.82) is 5.26 Å². The van der Waals surface area contributed by atoms with Crippen molar-refractivity contribution < 1.29 is 4.74 Å². The first kappa shape index (κ1) is 19.3. The topological polar surface area (TPSA) is 57.9 Å². The summed E-state index contributed by atoms with van der Waals surface area (Å²) >= 11 is 0. The fourth-order valence-corrected chi connectivity index (χ4v) is 3.97. The van der Waals surface area contributed by atoms with Gasteiger partial charge in [-0.2, -0.15) is 5.26 Å². The van der Waals surface area contributed by atoms with Crippen LogP contribution in [0.5, 0.6) is 0 Å². The van der Waals surface area contributed by atoms with Crippen LogP contribution >= 0.6 is 0 Å². The normalized spacial score (nSPS) is 15.6. The molecule has 4 rings (SSSR count). The Labute approximate surface area is 172 Å². The molecule has 4 nitrogen and oxygen atoms in total. The summed E-state index contributed by atoms with van der Waals surface area (Å²) in [5.41, 5.74) is 5.09. The van der Waals surface area contributed by atoms with Gasteiger partial charge in [0.15, 0.2) is 0 Å². The van der Waals surface area contributed by atoms with E-state index in [0.29, 0.717) is 12.2 Å². The molecule has 146 valence electrons. The number of rotatable bonds is 6. The Balaban J connectivity index is 1.40. The van der Waals surface area contributed by atoms with Gasteiger partial charge in [0.05, 0.1) is 30.5 Å². The van der Waals surface area contributed by atoms with Gasteiger partial charge in [-0.25, -0.2) is 0 Å². The minimum absolute atomic E-state index is 0.0857. The maximum atomic E-state index is 8.92. The minimum atomic E-state index is 0.0857. The van der Waals surface area contributed by atoms with Crippen molar-refractivity contribution in [3.05, 3.63) is 89.6 Å². The third-order valence-electron chi connectivity index (χ3n) is 5.73. The zero-order valence-electron chi connectivity index (χ0n) is 16.5. The number of hydrogen-bond donors (Lipinski definition) is 1. The number of nitrogens with zero attached hydrogens (tertiary/aromatic N) is 2.